The lowest BCUT2D eigenvalue weighted by atomic mass is 9.58. The van der Waals surface area contributed by atoms with Gasteiger partial charge in [-0.3, -0.25) is 9.59 Å². The molecule has 2 heterocycles. The molecule has 2 aliphatic rings. The summed E-state index contributed by atoms with van der Waals surface area (Å²) in [7, 11) is 0. The summed E-state index contributed by atoms with van der Waals surface area (Å²) < 4.78 is 1.67. The molecule has 1 saturated heterocycles. The number of hydrogen-bond donors (Lipinski definition) is 1. The standard InChI is InChI=1S/C27H37BrN4O2/c1-17-14-22(18(2)19(3)27(17,4)5)30-23-15-29-32(26(34)25(23)28)16-24(33)20-8-10-21(11-9-20)31-12-6-7-13-31/h8-11,15,17-19,22,30H,6-7,12-14,16H2,1-5H3/t17-,18+,19+,22+/m0/s1. The van der Waals surface area contributed by atoms with Crippen LogP contribution in [0.5, 0.6) is 0 Å². The first-order chi connectivity index (χ1) is 16.1. The number of benzene rings is 1. The second-order valence-corrected chi connectivity index (χ2v) is 11.6. The number of ketones is 1. The predicted octanol–water partition coefficient (Wildman–Crippen LogP) is 5.61. The Morgan fingerprint density at radius 2 is 1.79 bits per heavy atom. The van der Waals surface area contributed by atoms with Crippen molar-refractivity contribution in [2.24, 2.45) is 23.2 Å². The first-order valence-electron chi connectivity index (χ1n) is 12.5. The van der Waals surface area contributed by atoms with Crippen LogP contribution in [0.2, 0.25) is 0 Å². The number of rotatable bonds is 6. The second kappa shape index (κ2) is 9.84. The third kappa shape index (κ3) is 4.81. The minimum atomic E-state index is -0.295. The largest absolute Gasteiger partial charge is 0.380 e. The third-order valence-electron chi connectivity index (χ3n) is 8.75. The molecule has 1 aliphatic carbocycles. The molecule has 7 heteroatoms. The normalized spacial score (nSPS) is 26.5. The summed E-state index contributed by atoms with van der Waals surface area (Å²) in [6, 6.07) is 7.95. The number of nitrogens with zero attached hydrogens (tertiary/aromatic N) is 3. The van der Waals surface area contributed by atoms with Crippen LogP contribution >= 0.6 is 15.9 Å². The molecule has 184 valence electrons. The summed E-state index contributed by atoms with van der Waals surface area (Å²) in [5.74, 6) is 1.46. The molecule has 0 amide bonds. The first kappa shape index (κ1) is 25.0. The van der Waals surface area contributed by atoms with Crippen LogP contribution in [0.25, 0.3) is 0 Å². The number of halogens is 1. The summed E-state index contributed by atoms with van der Waals surface area (Å²) >= 11 is 3.47. The van der Waals surface area contributed by atoms with Gasteiger partial charge in [-0.15, -0.1) is 0 Å². The quantitative estimate of drug-likeness (QED) is 0.493. The highest BCUT2D eigenvalue weighted by Gasteiger charge is 2.43. The van der Waals surface area contributed by atoms with Crippen LogP contribution in [0.3, 0.4) is 0 Å². The molecule has 0 spiro atoms. The lowest BCUT2D eigenvalue weighted by molar-refractivity contribution is 0.0316. The van der Waals surface area contributed by atoms with Crippen LogP contribution in [0.4, 0.5) is 11.4 Å². The van der Waals surface area contributed by atoms with Crippen LogP contribution in [-0.4, -0.2) is 34.7 Å². The number of nitrogens with one attached hydrogen (secondary N) is 1. The van der Waals surface area contributed by atoms with Gasteiger partial charge in [0.25, 0.3) is 5.56 Å². The average molecular weight is 530 g/mol. The highest BCUT2D eigenvalue weighted by atomic mass is 79.9. The number of anilines is 2. The molecule has 4 rings (SSSR count). The third-order valence-corrected chi connectivity index (χ3v) is 9.52. The van der Waals surface area contributed by atoms with Crippen molar-refractivity contribution in [1.29, 1.82) is 0 Å². The summed E-state index contributed by atoms with van der Waals surface area (Å²) in [5.41, 5.74) is 2.42. The zero-order valence-corrected chi connectivity index (χ0v) is 22.6. The molecule has 0 unspecified atom stereocenters. The molecule has 4 atom stereocenters. The fourth-order valence-electron chi connectivity index (χ4n) is 5.50. The Balaban J connectivity index is 1.45. The minimum absolute atomic E-state index is 0.0805. The molecule has 0 radical (unpaired) electrons. The van der Waals surface area contributed by atoms with Crippen LogP contribution < -0.4 is 15.8 Å². The van der Waals surface area contributed by atoms with Crippen molar-refractivity contribution >= 4 is 33.1 Å². The molecule has 1 aromatic carbocycles. The first-order valence-corrected chi connectivity index (χ1v) is 13.3. The molecule has 2 fully saturated rings. The molecule has 1 aliphatic heterocycles. The van der Waals surface area contributed by atoms with Gasteiger partial charge in [0.05, 0.1) is 11.9 Å². The van der Waals surface area contributed by atoms with Crippen molar-refractivity contribution in [3.05, 3.63) is 50.9 Å². The van der Waals surface area contributed by atoms with E-state index in [2.05, 4.69) is 65.9 Å². The second-order valence-electron chi connectivity index (χ2n) is 10.9. The fraction of sp³-hybridized carbons (Fsp3) is 0.593. The van der Waals surface area contributed by atoms with Gasteiger partial charge in [0.15, 0.2) is 5.78 Å². The van der Waals surface area contributed by atoms with E-state index in [9.17, 15) is 9.59 Å². The lowest BCUT2D eigenvalue weighted by Gasteiger charge is -2.50. The van der Waals surface area contributed by atoms with Crippen molar-refractivity contribution in [1.82, 2.24) is 9.78 Å². The van der Waals surface area contributed by atoms with Crippen LogP contribution in [-0.2, 0) is 6.54 Å². The molecule has 6 nitrogen and oxygen atoms in total. The number of carbonyl (C=O) groups excluding carboxylic acids is 1. The van der Waals surface area contributed by atoms with E-state index in [1.807, 2.05) is 24.3 Å². The van der Waals surface area contributed by atoms with Gasteiger partial charge in [0.2, 0.25) is 0 Å². The minimum Gasteiger partial charge on any atom is -0.380 e. The Morgan fingerprint density at radius 3 is 2.44 bits per heavy atom. The van der Waals surface area contributed by atoms with Gasteiger partial charge in [-0.05, 0) is 82.6 Å². The molecule has 2 aromatic rings. The molecular weight excluding hydrogens is 492 g/mol. The Kier molecular flexibility index (Phi) is 7.22. The van der Waals surface area contributed by atoms with Crippen LogP contribution in [0, 0.1) is 23.2 Å². The zero-order valence-electron chi connectivity index (χ0n) is 21.0. The van der Waals surface area contributed by atoms with Crippen LogP contribution in [0.15, 0.2) is 39.7 Å². The van der Waals surface area contributed by atoms with E-state index in [1.54, 1.807) is 6.20 Å². The zero-order chi connectivity index (χ0) is 24.6. The van der Waals surface area contributed by atoms with E-state index in [0.29, 0.717) is 33.5 Å². The smallest absolute Gasteiger partial charge is 0.283 e. The average Bonchev–Trinajstić information content (AvgIpc) is 3.36. The maximum Gasteiger partial charge on any atom is 0.283 e. The maximum absolute atomic E-state index is 13.0. The van der Waals surface area contributed by atoms with E-state index in [0.717, 1.165) is 25.2 Å². The highest BCUT2D eigenvalue weighted by molar-refractivity contribution is 9.10. The lowest BCUT2D eigenvalue weighted by Crippen LogP contribution is -2.48. The van der Waals surface area contributed by atoms with E-state index in [4.69, 9.17) is 0 Å². The molecule has 0 bridgehead atoms. The molecule has 34 heavy (non-hydrogen) atoms. The van der Waals surface area contributed by atoms with Gasteiger partial charge in [0.1, 0.15) is 11.0 Å². The Bertz CT molecular complexity index is 1090. The number of carbonyl (C=O) groups is 1. The Hall–Kier alpha value is -2.15. The molecular formula is C27H37BrN4O2. The summed E-state index contributed by atoms with van der Waals surface area (Å²) in [4.78, 5) is 28.2. The summed E-state index contributed by atoms with van der Waals surface area (Å²) in [6.45, 7) is 13.7. The van der Waals surface area contributed by atoms with Gasteiger partial charge >= 0.3 is 0 Å². The van der Waals surface area contributed by atoms with E-state index < -0.39 is 0 Å². The van der Waals surface area contributed by atoms with Gasteiger partial charge in [-0.1, -0.05) is 34.6 Å². The van der Waals surface area contributed by atoms with Gasteiger partial charge in [0, 0.05) is 30.4 Å². The SMILES string of the molecule is C[C@@H]1[C@@H](C)C(C)(C)[C@@H](C)C[C@H]1Nc1cnn(CC(=O)c2ccc(N3CCCC3)cc2)c(=O)c1Br. The summed E-state index contributed by atoms with van der Waals surface area (Å²) in [5, 5.41) is 7.90. The van der Waals surface area contributed by atoms with Crippen LogP contribution in [0.1, 0.15) is 64.2 Å². The van der Waals surface area contributed by atoms with Crippen molar-refractivity contribution in [2.75, 3.05) is 23.3 Å². The monoisotopic (exact) mass is 528 g/mol. The van der Waals surface area contributed by atoms with Crippen molar-refractivity contribution < 1.29 is 4.79 Å². The molecule has 1 N–H and O–H groups in total. The van der Waals surface area contributed by atoms with Gasteiger partial charge in [-0.2, -0.15) is 5.10 Å². The van der Waals surface area contributed by atoms with E-state index in [-0.39, 0.29) is 29.3 Å². The topological polar surface area (TPSA) is 67.2 Å². The Labute approximate surface area is 211 Å². The maximum atomic E-state index is 13.0. The van der Waals surface area contributed by atoms with Gasteiger partial charge < -0.3 is 10.2 Å². The number of hydrogen-bond acceptors (Lipinski definition) is 5. The van der Waals surface area contributed by atoms with Crippen molar-refractivity contribution in [3.8, 4) is 0 Å². The van der Waals surface area contributed by atoms with E-state index >= 15 is 0 Å². The molecule has 1 saturated carbocycles. The highest BCUT2D eigenvalue weighted by Crippen LogP contribution is 2.48. The van der Waals surface area contributed by atoms with Crippen molar-refractivity contribution in [3.63, 3.8) is 0 Å². The molecule has 1 aromatic heterocycles. The summed E-state index contributed by atoms with van der Waals surface area (Å²) in [6.07, 6.45) is 5.13. The number of aromatic nitrogens is 2. The fourth-order valence-corrected chi connectivity index (χ4v) is 5.92. The predicted molar refractivity (Wildman–Crippen MR) is 142 cm³/mol. The van der Waals surface area contributed by atoms with Crippen molar-refractivity contribution in [2.45, 2.75) is 66.5 Å². The Morgan fingerprint density at radius 1 is 1.15 bits per heavy atom. The number of Topliss-reactive ketones (excluding diaryl/α,β-unsaturated/α-hetero) is 1. The van der Waals surface area contributed by atoms with Gasteiger partial charge in [-0.25, -0.2) is 4.68 Å². The van der Waals surface area contributed by atoms with E-state index in [1.165, 1.54) is 17.5 Å².